The Labute approximate surface area is 365 Å². The van der Waals surface area contributed by atoms with Crippen LogP contribution in [0.3, 0.4) is 0 Å². The molecule has 5 heterocycles. The van der Waals surface area contributed by atoms with Crippen LogP contribution in [0.15, 0.2) is 115 Å². The molecule has 6 N–H and O–H groups in total. The van der Waals surface area contributed by atoms with E-state index in [4.69, 9.17) is 5.73 Å². The number of fused-ring (bicyclic) bond motifs is 8. The number of rotatable bonds is 8. The Morgan fingerprint density at radius 1 is 0.794 bits per heavy atom. The monoisotopic (exact) mass is 848 g/mol. The van der Waals surface area contributed by atoms with Gasteiger partial charge in [0.25, 0.3) is 5.91 Å². The molecule has 8 atom stereocenters. The summed E-state index contributed by atoms with van der Waals surface area (Å²) in [6, 6.07) is 28.0. The number of nitrogens with two attached hydrogens (primary N) is 1. The fourth-order valence-electron chi connectivity index (χ4n) is 10.2. The molecule has 5 aromatic rings. The number of nitrogens with one attached hydrogen (secondary N) is 4. The Morgan fingerprint density at radius 3 is 2.19 bits per heavy atom. The number of anilines is 1. The van der Waals surface area contributed by atoms with E-state index in [0.717, 1.165) is 27.6 Å². The van der Waals surface area contributed by atoms with Gasteiger partial charge in [-0.1, -0.05) is 111 Å². The van der Waals surface area contributed by atoms with Crippen molar-refractivity contribution in [1.29, 1.82) is 0 Å². The number of carbonyl (C=O) groups is 6. The first-order chi connectivity index (χ1) is 30.3. The lowest BCUT2D eigenvalue weighted by Gasteiger charge is -2.49. The van der Waals surface area contributed by atoms with Gasteiger partial charge in [0.05, 0.1) is 11.7 Å². The first-order valence-electron chi connectivity index (χ1n) is 21.7. The third-order valence-corrected chi connectivity index (χ3v) is 13.1. The van der Waals surface area contributed by atoms with E-state index in [1.165, 1.54) is 6.92 Å². The van der Waals surface area contributed by atoms with E-state index in [0.29, 0.717) is 11.3 Å². The minimum Gasteiger partial charge on any atom is -0.343 e. The second kappa shape index (κ2) is 16.5. The van der Waals surface area contributed by atoms with E-state index in [2.05, 4.69) is 25.8 Å². The molecule has 14 nitrogen and oxygen atoms in total. The molecule has 4 aliphatic heterocycles. The highest BCUT2D eigenvalue weighted by atomic mass is 16.2. The Morgan fingerprint density at radius 2 is 1.46 bits per heavy atom. The Balaban J connectivity index is 1.22. The zero-order chi connectivity index (χ0) is 44.2. The molecule has 9 rings (SSSR count). The van der Waals surface area contributed by atoms with Gasteiger partial charge in [-0.15, -0.1) is 0 Å². The lowest BCUT2D eigenvalue weighted by Crippen LogP contribution is -2.68. The number of hydrogen-bond acceptors (Lipinski definition) is 7. The van der Waals surface area contributed by atoms with E-state index >= 15 is 4.79 Å². The molecule has 14 heteroatoms. The normalized spacial score (nSPS) is 26.2. The maximum Gasteiger partial charge on any atom is 0.252 e. The molecule has 2 fully saturated rings. The van der Waals surface area contributed by atoms with Crippen molar-refractivity contribution in [3.8, 4) is 0 Å². The van der Waals surface area contributed by atoms with Crippen LogP contribution in [0.2, 0.25) is 0 Å². The van der Waals surface area contributed by atoms with Gasteiger partial charge in [-0.25, -0.2) is 0 Å². The predicted octanol–water partition coefficient (Wildman–Crippen LogP) is 3.05. The third kappa shape index (κ3) is 7.31. The second-order valence-electron chi connectivity index (χ2n) is 17.8. The number of para-hydroxylation sites is 2. The van der Waals surface area contributed by atoms with Gasteiger partial charge < -0.3 is 36.5 Å². The first-order valence-corrected chi connectivity index (χ1v) is 21.7. The van der Waals surface area contributed by atoms with Gasteiger partial charge in [0, 0.05) is 41.9 Å². The summed E-state index contributed by atoms with van der Waals surface area (Å²) >= 11 is 0. The molecule has 2 saturated heterocycles. The SMILES string of the molecule is CC(C)CC1NC(=O)C(C)NC(=O)[C@@H](NC(=O)C(N)Cc2ccccc2)Cc2cn(c3ccccc23)C23C[C@H](NC1=O)C(=O)N1C(Cc4ccccc4)C(=O)N(c4ccccc42)C13. The van der Waals surface area contributed by atoms with Gasteiger partial charge in [0.2, 0.25) is 29.5 Å². The van der Waals surface area contributed by atoms with Crippen LogP contribution >= 0.6 is 0 Å². The molecular formula is C49H52N8O6. The average Bonchev–Trinajstić information content (AvgIpc) is 3.89. The van der Waals surface area contributed by atoms with E-state index < -0.39 is 77.5 Å². The van der Waals surface area contributed by atoms with Crippen molar-refractivity contribution >= 4 is 52.0 Å². The second-order valence-corrected chi connectivity index (χ2v) is 17.8. The molecule has 4 bridgehead atoms. The molecule has 6 unspecified atom stereocenters. The van der Waals surface area contributed by atoms with Crippen LogP contribution < -0.4 is 31.9 Å². The van der Waals surface area contributed by atoms with Gasteiger partial charge in [0.1, 0.15) is 41.9 Å². The molecule has 4 aliphatic rings. The Hall–Kier alpha value is -6.80. The zero-order valence-corrected chi connectivity index (χ0v) is 35.5. The molecule has 63 heavy (non-hydrogen) atoms. The summed E-state index contributed by atoms with van der Waals surface area (Å²) in [5.74, 6) is -2.98. The minimum atomic E-state index is -1.18. The maximum absolute atomic E-state index is 15.2. The zero-order valence-electron chi connectivity index (χ0n) is 35.5. The quantitative estimate of drug-likeness (QED) is 0.159. The number of benzene rings is 4. The number of nitrogens with zero attached hydrogens (tertiary/aromatic N) is 3. The average molecular weight is 849 g/mol. The largest absolute Gasteiger partial charge is 0.343 e. The summed E-state index contributed by atoms with van der Waals surface area (Å²) in [4.78, 5) is 90.3. The van der Waals surface area contributed by atoms with Crippen LogP contribution in [0.5, 0.6) is 0 Å². The van der Waals surface area contributed by atoms with Gasteiger partial charge in [-0.3, -0.25) is 33.7 Å². The number of hydrogen-bond donors (Lipinski definition) is 5. The van der Waals surface area contributed by atoms with Gasteiger partial charge in [-0.2, -0.15) is 0 Å². The van der Waals surface area contributed by atoms with Crippen molar-refractivity contribution in [1.82, 2.24) is 30.7 Å². The summed E-state index contributed by atoms with van der Waals surface area (Å²) in [6.07, 6.45) is 1.95. The van der Waals surface area contributed by atoms with Crippen molar-refractivity contribution in [2.75, 3.05) is 4.90 Å². The van der Waals surface area contributed by atoms with Crippen LogP contribution in [-0.2, 0) is 53.6 Å². The van der Waals surface area contributed by atoms with Crippen LogP contribution in [0.4, 0.5) is 5.69 Å². The van der Waals surface area contributed by atoms with E-state index in [1.807, 2.05) is 129 Å². The molecule has 0 saturated carbocycles. The highest BCUT2D eigenvalue weighted by Crippen LogP contribution is 2.57. The molecule has 1 spiro atoms. The van der Waals surface area contributed by atoms with Crippen LogP contribution in [-0.4, -0.2) is 87.3 Å². The molecule has 6 amide bonds. The highest BCUT2D eigenvalue weighted by Gasteiger charge is 2.68. The topological polar surface area (TPSA) is 188 Å². The summed E-state index contributed by atoms with van der Waals surface area (Å²) in [6.45, 7) is 5.36. The predicted molar refractivity (Wildman–Crippen MR) is 237 cm³/mol. The van der Waals surface area contributed by atoms with E-state index in [9.17, 15) is 24.0 Å². The highest BCUT2D eigenvalue weighted by molar-refractivity contribution is 6.08. The fraction of sp³-hybridized carbons (Fsp3) is 0.347. The van der Waals surface area contributed by atoms with Crippen LogP contribution in [0.1, 0.15) is 55.9 Å². The van der Waals surface area contributed by atoms with Crippen molar-refractivity contribution in [2.24, 2.45) is 11.7 Å². The number of carbonyl (C=O) groups excluding carboxylic acids is 6. The van der Waals surface area contributed by atoms with Crippen LogP contribution in [0, 0.1) is 5.92 Å². The number of piperidine rings is 1. The van der Waals surface area contributed by atoms with E-state index in [-0.39, 0.29) is 43.9 Å². The Kier molecular flexibility index (Phi) is 10.9. The van der Waals surface area contributed by atoms with E-state index in [1.54, 1.807) is 9.80 Å². The first kappa shape index (κ1) is 41.5. The summed E-state index contributed by atoms with van der Waals surface area (Å²) in [5, 5.41) is 12.4. The summed E-state index contributed by atoms with van der Waals surface area (Å²) < 4.78 is 2.11. The Bertz CT molecular complexity index is 2610. The third-order valence-electron chi connectivity index (χ3n) is 13.1. The summed E-state index contributed by atoms with van der Waals surface area (Å²) in [5.41, 5.74) is 9.97. The summed E-state index contributed by atoms with van der Waals surface area (Å²) in [7, 11) is 0. The van der Waals surface area contributed by atoms with Gasteiger partial charge in [0.15, 0.2) is 0 Å². The molecule has 324 valence electrons. The molecule has 1 aromatic heterocycles. The standard InChI is InChI=1S/C49H52N8O6/c1-28(2)22-36-45(61)54-38-26-49(34-19-11-13-21-40(34)56-47(63)41(57(46(38)62)48(49)56)24-31-16-8-5-9-17-31)55-27-32(33-18-10-12-20-39(33)55)25-37(44(60)51-29(3)42(58)52-36)53-43(59)35(50)23-30-14-6-4-7-15-30/h4-21,27-29,35-38,41,48H,22-26,50H2,1-3H3,(H,51,60)(H,52,58)(H,53,59)(H,54,61)/t29?,35?,36?,37-,38-,41?,48?,49?/m0/s1. The van der Waals surface area contributed by atoms with Gasteiger partial charge >= 0.3 is 0 Å². The maximum atomic E-state index is 15.2. The van der Waals surface area contributed by atoms with Crippen molar-refractivity contribution in [2.45, 2.75) is 101 Å². The lowest BCUT2D eigenvalue weighted by molar-refractivity contribution is -0.147. The van der Waals surface area contributed by atoms with Crippen LogP contribution in [0.25, 0.3) is 10.9 Å². The van der Waals surface area contributed by atoms with Crippen molar-refractivity contribution < 1.29 is 28.8 Å². The van der Waals surface area contributed by atoms with Crippen molar-refractivity contribution in [3.05, 3.63) is 138 Å². The molecule has 4 aromatic carbocycles. The molecule has 0 radical (unpaired) electrons. The minimum absolute atomic E-state index is 0.0118. The molecular weight excluding hydrogens is 797 g/mol. The molecule has 0 aliphatic carbocycles. The number of aromatic nitrogens is 1. The smallest absolute Gasteiger partial charge is 0.252 e. The fourth-order valence-corrected chi connectivity index (χ4v) is 10.2. The van der Waals surface area contributed by atoms with Crippen molar-refractivity contribution in [3.63, 3.8) is 0 Å². The lowest BCUT2D eigenvalue weighted by atomic mass is 9.78. The van der Waals surface area contributed by atoms with Gasteiger partial charge in [-0.05, 0) is 54.5 Å². The number of amides is 6.